The fourth-order valence-corrected chi connectivity index (χ4v) is 4.49. The maximum Gasteiger partial charge on any atom is 0.138 e. The van der Waals surface area contributed by atoms with E-state index in [2.05, 4.69) is 35.1 Å². The second kappa shape index (κ2) is 6.84. The maximum absolute atomic E-state index is 10.7. The molecular weight excluding hydrogens is 356 g/mol. The van der Waals surface area contributed by atoms with Crippen LogP contribution in [0.25, 0.3) is 0 Å². The van der Waals surface area contributed by atoms with E-state index in [9.17, 15) is 5.11 Å². The van der Waals surface area contributed by atoms with Crippen LogP contribution in [0.4, 0.5) is 0 Å². The van der Waals surface area contributed by atoms with E-state index in [1.165, 1.54) is 17.5 Å². The molecule has 3 heterocycles. The molecule has 4 nitrogen and oxygen atoms in total. The highest BCUT2D eigenvalue weighted by molar-refractivity contribution is 7.12. The summed E-state index contributed by atoms with van der Waals surface area (Å²) in [6, 6.07) is 10.4. The van der Waals surface area contributed by atoms with Crippen LogP contribution in [-0.4, -0.2) is 21.7 Å². The molecule has 1 aliphatic heterocycles. The Morgan fingerprint density at radius 3 is 3.00 bits per heavy atom. The third-order valence-corrected chi connectivity index (χ3v) is 5.94. The summed E-state index contributed by atoms with van der Waals surface area (Å²) in [7, 11) is 0. The fourth-order valence-electron chi connectivity index (χ4n) is 3.23. The highest BCUT2D eigenvalue weighted by Crippen LogP contribution is 2.40. The topological polar surface area (TPSA) is 55.2 Å². The van der Waals surface area contributed by atoms with Gasteiger partial charge in [0.1, 0.15) is 23.7 Å². The summed E-state index contributed by atoms with van der Waals surface area (Å²) in [5.74, 6) is 0. The van der Waals surface area contributed by atoms with Crippen molar-refractivity contribution < 1.29 is 9.84 Å². The van der Waals surface area contributed by atoms with Crippen LogP contribution in [-0.2, 0) is 11.2 Å². The molecule has 0 aliphatic carbocycles. The number of hydrogen-bond acceptors (Lipinski definition) is 5. The van der Waals surface area contributed by atoms with Crippen molar-refractivity contribution >= 4 is 22.9 Å². The van der Waals surface area contributed by atoms with Crippen LogP contribution in [0.3, 0.4) is 0 Å². The molecule has 0 fully saturated rings. The van der Waals surface area contributed by atoms with Gasteiger partial charge in [-0.05, 0) is 36.1 Å². The maximum atomic E-state index is 10.7. The van der Waals surface area contributed by atoms with Gasteiger partial charge >= 0.3 is 0 Å². The minimum absolute atomic E-state index is 0.0929. The van der Waals surface area contributed by atoms with Crippen molar-refractivity contribution in [2.75, 3.05) is 6.61 Å². The van der Waals surface area contributed by atoms with Gasteiger partial charge in [-0.2, -0.15) is 0 Å². The predicted octanol–water partition coefficient (Wildman–Crippen LogP) is 4.24. The first-order valence-electron chi connectivity index (χ1n) is 8.08. The van der Waals surface area contributed by atoms with Crippen LogP contribution in [0.5, 0.6) is 0 Å². The van der Waals surface area contributed by atoms with Crippen molar-refractivity contribution in [2.24, 2.45) is 0 Å². The first-order chi connectivity index (χ1) is 12.1. The molecule has 0 radical (unpaired) electrons. The van der Waals surface area contributed by atoms with E-state index >= 15 is 0 Å². The van der Waals surface area contributed by atoms with Crippen LogP contribution in [0.2, 0.25) is 5.15 Å². The Labute approximate surface area is 155 Å². The zero-order valence-corrected chi connectivity index (χ0v) is 15.2. The number of benzene rings is 1. The summed E-state index contributed by atoms with van der Waals surface area (Å²) in [6.45, 7) is 2.76. The van der Waals surface area contributed by atoms with Crippen LogP contribution >= 0.6 is 22.9 Å². The summed E-state index contributed by atoms with van der Waals surface area (Å²) < 4.78 is 6.07. The Hall–Kier alpha value is -1.79. The molecule has 0 bridgehead atoms. The first-order valence-corrected chi connectivity index (χ1v) is 9.27. The molecule has 2 aromatic heterocycles. The lowest BCUT2D eigenvalue weighted by Gasteiger charge is -2.26. The van der Waals surface area contributed by atoms with Gasteiger partial charge in [-0.25, -0.2) is 9.97 Å². The fraction of sp³-hybridized carbons (Fsp3) is 0.263. The molecule has 4 rings (SSSR count). The molecule has 1 unspecified atom stereocenters. The Bertz CT molecular complexity index is 912. The van der Waals surface area contributed by atoms with Gasteiger partial charge in [0, 0.05) is 21.5 Å². The number of hydrogen-bond donors (Lipinski definition) is 1. The van der Waals surface area contributed by atoms with Gasteiger partial charge in [0.15, 0.2) is 0 Å². The molecule has 1 aromatic carbocycles. The molecular formula is C19H17ClN2O2S. The third kappa shape index (κ3) is 3.09. The van der Waals surface area contributed by atoms with Crippen molar-refractivity contribution in [2.45, 2.75) is 25.6 Å². The van der Waals surface area contributed by atoms with E-state index in [0.717, 1.165) is 21.7 Å². The summed E-state index contributed by atoms with van der Waals surface area (Å²) in [5.41, 5.74) is 4.14. The van der Waals surface area contributed by atoms with E-state index in [-0.39, 0.29) is 11.3 Å². The normalized spacial score (nSPS) is 18.0. The second-order valence-electron chi connectivity index (χ2n) is 6.03. The van der Waals surface area contributed by atoms with Gasteiger partial charge in [-0.15, -0.1) is 11.3 Å². The number of thiophene rings is 1. The molecule has 6 heteroatoms. The zero-order valence-electron chi connectivity index (χ0n) is 13.6. The second-order valence-corrected chi connectivity index (χ2v) is 7.68. The summed E-state index contributed by atoms with van der Waals surface area (Å²) in [4.78, 5) is 9.86. The quantitative estimate of drug-likeness (QED) is 0.698. The van der Waals surface area contributed by atoms with Crippen LogP contribution in [0.1, 0.15) is 44.2 Å². The number of fused-ring (bicyclic) bond motifs is 1. The van der Waals surface area contributed by atoms with Gasteiger partial charge < -0.3 is 9.84 Å². The van der Waals surface area contributed by atoms with E-state index in [1.54, 1.807) is 17.5 Å². The standard InChI is InChI=1S/C19H17ClN2O2S/c1-11-14(18-13-5-3-2-4-12(13)6-7-24-18)8-16(25-11)17(23)15-9-21-10-22-19(15)20/h2-5,8-10,17-18,23H,6-7H2,1H3/t17-,18?/m0/s1. The predicted molar refractivity (Wildman–Crippen MR) is 98.1 cm³/mol. The summed E-state index contributed by atoms with van der Waals surface area (Å²) in [5, 5.41) is 11.0. The zero-order chi connectivity index (χ0) is 17.4. The molecule has 3 aromatic rings. The molecule has 1 N–H and O–H groups in total. The minimum Gasteiger partial charge on any atom is -0.383 e. The van der Waals surface area contributed by atoms with Crippen molar-refractivity contribution in [1.29, 1.82) is 0 Å². The van der Waals surface area contributed by atoms with Crippen LogP contribution in [0.15, 0.2) is 42.9 Å². The van der Waals surface area contributed by atoms with Gasteiger partial charge in [-0.3, -0.25) is 0 Å². The largest absolute Gasteiger partial charge is 0.383 e. The van der Waals surface area contributed by atoms with E-state index in [1.807, 2.05) is 12.1 Å². The Morgan fingerprint density at radius 1 is 1.32 bits per heavy atom. The number of aromatic nitrogens is 2. The van der Waals surface area contributed by atoms with E-state index in [4.69, 9.17) is 16.3 Å². The van der Waals surface area contributed by atoms with Gasteiger partial charge in [0.05, 0.1) is 6.61 Å². The lowest BCUT2D eigenvalue weighted by Crippen LogP contribution is -2.17. The molecule has 0 amide bonds. The van der Waals surface area contributed by atoms with Crippen molar-refractivity contribution in [3.63, 3.8) is 0 Å². The number of nitrogens with zero attached hydrogens (tertiary/aromatic N) is 2. The van der Waals surface area contributed by atoms with Crippen molar-refractivity contribution in [3.8, 4) is 0 Å². The number of rotatable bonds is 3. The van der Waals surface area contributed by atoms with Gasteiger partial charge in [-0.1, -0.05) is 35.9 Å². The summed E-state index contributed by atoms with van der Waals surface area (Å²) >= 11 is 7.65. The molecule has 0 spiro atoms. The Kier molecular flexibility index (Phi) is 4.56. The smallest absolute Gasteiger partial charge is 0.138 e. The van der Waals surface area contributed by atoms with E-state index < -0.39 is 6.10 Å². The molecule has 2 atom stereocenters. The van der Waals surface area contributed by atoms with Crippen LogP contribution in [0, 0.1) is 6.92 Å². The number of ether oxygens (including phenoxy) is 1. The lowest BCUT2D eigenvalue weighted by molar-refractivity contribution is 0.0697. The molecule has 128 valence electrons. The third-order valence-electron chi connectivity index (χ3n) is 4.50. The highest BCUT2D eigenvalue weighted by atomic mass is 35.5. The molecule has 25 heavy (non-hydrogen) atoms. The molecule has 0 saturated heterocycles. The highest BCUT2D eigenvalue weighted by Gasteiger charge is 2.27. The number of halogens is 1. The van der Waals surface area contributed by atoms with Gasteiger partial charge in [0.25, 0.3) is 0 Å². The van der Waals surface area contributed by atoms with Gasteiger partial charge in [0.2, 0.25) is 0 Å². The van der Waals surface area contributed by atoms with Crippen LogP contribution < -0.4 is 0 Å². The average Bonchev–Trinajstić information content (AvgIpc) is 3.02. The average molecular weight is 373 g/mol. The number of aliphatic hydroxyl groups is 1. The molecule has 1 aliphatic rings. The molecule has 0 saturated carbocycles. The van der Waals surface area contributed by atoms with Crippen molar-refractivity contribution in [1.82, 2.24) is 9.97 Å². The van der Waals surface area contributed by atoms with E-state index in [0.29, 0.717) is 12.2 Å². The Balaban J connectivity index is 1.71. The lowest BCUT2D eigenvalue weighted by atomic mass is 9.93. The first kappa shape index (κ1) is 16.7. The van der Waals surface area contributed by atoms with Crippen molar-refractivity contribution in [3.05, 3.63) is 80.0 Å². The SMILES string of the molecule is Cc1sc([C@@H](O)c2cncnc2Cl)cc1C1OCCc2ccccc21. The summed E-state index contributed by atoms with van der Waals surface area (Å²) in [6.07, 6.45) is 2.93. The number of aliphatic hydroxyl groups excluding tert-OH is 1. The monoisotopic (exact) mass is 372 g/mol. The minimum atomic E-state index is -0.843. The Morgan fingerprint density at radius 2 is 2.16 bits per heavy atom. The number of aryl methyl sites for hydroxylation is 1.